The quantitative estimate of drug-likeness (QED) is 0.887. The summed E-state index contributed by atoms with van der Waals surface area (Å²) in [4.78, 5) is 4.42. The van der Waals surface area contributed by atoms with Gasteiger partial charge in [-0.1, -0.05) is 12.1 Å². The van der Waals surface area contributed by atoms with Crippen LogP contribution in [0.2, 0.25) is 0 Å². The lowest BCUT2D eigenvalue weighted by atomic mass is 10.1. The minimum atomic E-state index is 0.0424. The lowest BCUT2D eigenvalue weighted by molar-refractivity contribution is 0.234. The number of rotatable bonds is 4. The van der Waals surface area contributed by atoms with Crippen molar-refractivity contribution in [3.05, 3.63) is 41.5 Å². The van der Waals surface area contributed by atoms with Gasteiger partial charge in [0.1, 0.15) is 5.82 Å². The topological polar surface area (TPSA) is 60.2 Å². The van der Waals surface area contributed by atoms with Crippen LogP contribution in [-0.4, -0.2) is 11.1 Å². The number of pyridine rings is 1. The maximum Gasteiger partial charge on any atom is 0.239 e. The van der Waals surface area contributed by atoms with Gasteiger partial charge in [0.05, 0.1) is 11.8 Å². The van der Waals surface area contributed by atoms with Crippen LogP contribution in [0.15, 0.2) is 30.3 Å². The number of ether oxygens (including phenoxy) is 1. The summed E-state index contributed by atoms with van der Waals surface area (Å²) in [7, 11) is 0. The standard InChI is InChI=1S/C16H21N3O/c1-10(2)20-16-13(17)7-8-15(19-16)18-14-9-11(3)5-6-12(14)4/h5-10H,17H2,1-4H3,(H,18,19). The molecule has 20 heavy (non-hydrogen) atoms. The predicted octanol–water partition coefficient (Wildman–Crippen LogP) is 3.81. The first-order chi connectivity index (χ1) is 9.45. The minimum absolute atomic E-state index is 0.0424. The number of aryl methyl sites for hydroxylation is 2. The molecule has 106 valence electrons. The fourth-order valence-corrected chi connectivity index (χ4v) is 1.85. The van der Waals surface area contributed by atoms with E-state index in [1.165, 1.54) is 11.1 Å². The van der Waals surface area contributed by atoms with Crippen LogP contribution in [0.4, 0.5) is 17.2 Å². The number of nitrogen functional groups attached to an aromatic ring is 1. The third-order valence-electron chi connectivity index (χ3n) is 2.89. The van der Waals surface area contributed by atoms with Crippen LogP contribution < -0.4 is 15.8 Å². The largest absolute Gasteiger partial charge is 0.473 e. The number of nitrogens with zero attached hydrogens (tertiary/aromatic N) is 1. The Kier molecular flexibility index (Phi) is 4.13. The van der Waals surface area contributed by atoms with Crippen LogP contribution in [0, 0.1) is 13.8 Å². The monoisotopic (exact) mass is 271 g/mol. The van der Waals surface area contributed by atoms with Crippen molar-refractivity contribution in [1.29, 1.82) is 0 Å². The highest BCUT2D eigenvalue weighted by atomic mass is 16.5. The maximum absolute atomic E-state index is 5.87. The summed E-state index contributed by atoms with van der Waals surface area (Å²) in [6.45, 7) is 8.02. The molecule has 0 unspecified atom stereocenters. The van der Waals surface area contributed by atoms with Gasteiger partial charge in [0, 0.05) is 5.69 Å². The van der Waals surface area contributed by atoms with E-state index in [9.17, 15) is 0 Å². The van der Waals surface area contributed by atoms with E-state index in [1.54, 1.807) is 6.07 Å². The molecular formula is C16H21N3O. The van der Waals surface area contributed by atoms with Crippen LogP contribution >= 0.6 is 0 Å². The SMILES string of the molecule is Cc1ccc(C)c(Nc2ccc(N)c(OC(C)C)n2)c1. The van der Waals surface area contributed by atoms with Gasteiger partial charge in [-0.3, -0.25) is 0 Å². The second kappa shape index (κ2) is 5.82. The molecule has 0 radical (unpaired) electrons. The summed E-state index contributed by atoms with van der Waals surface area (Å²) in [5, 5.41) is 3.31. The molecule has 3 N–H and O–H groups in total. The summed E-state index contributed by atoms with van der Waals surface area (Å²) in [5.74, 6) is 1.19. The zero-order chi connectivity index (χ0) is 14.7. The van der Waals surface area contributed by atoms with Crippen molar-refractivity contribution in [1.82, 2.24) is 4.98 Å². The van der Waals surface area contributed by atoms with Gasteiger partial charge in [-0.15, -0.1) is 0 Å². The average Bonchev–Trinajstić information content (AvgIpc) is 2.37. The normalized spacial score (nSPS) is 10.7. The summed E-state index contributed by atoms with van der Waals surface area (Å²) in [6.07, 6.45) is 0.0424. The highest BCUT2D eigenvalue weighted by molar-refractivity contribution is 5.63. The molecular weight excluding hydrogens is 250 g/mol. The van der Waals surface area contributed by atoms with Crippen molar-refractivity contribution in [2.75, 3.05) is 11.1 Å². The second-order valence-electron chi connectivity index (χ2n) is 5.20. The zero-order valence-electron chi connectivity index (χ0n) is 12.4. The third-order valence-corrected chi connectivity index (χ3v) is 2.89. The van der Waals surface area contributed by atoms with E-state index in [2.05, 4.69) is 42.3 Å². The first-order valence-corrected chi connectivity index (χ1v) is 6.73. The molecule has 0 aliphatic rings. The molecule has 0 bridgehead atoms. The molecule has 0 saturated heterocycles. The van der Waals surface area contributed by atoms with Gasteiger partial charge in [0.2, 0.25) is 5.88 Å². The smallest absolute Gasteiger partial charge is 0.239 e. The highest BCUT2D eigenvalue weighted by Crippen LogP contribution is 2.25. The Labute approximate surface area is 120 Å². The molecule has 1 heterocycles. The molecule has 0 amide bonds. The lowest BCUT2D eigenvalue weighted by Gasteiger charge is -2.14. The lowest BCUT2D eigenvalue weighted by Crippen LogP contribution is -2.09. The summed E-state index contributed by atoms with van der Waals surface area (Å²) in [5.41, 5.74) is 9.82. The Morgan fingerprint density at radius 3 is 2.60 bits per heavy atom. The Balaban J connectivity index is 2.27. The average molecular weight is 271 g/mol. The molecule has 0 fully saturated rings. The van der Waals surface area contributed by atoms with Crippen LogP contribution in [0.1, 0.15) is 25.0 Å². The first-order valence-electron chi connectivity index (χ1n) is 6.73. The Hall–Kier alpha value is -2.23. The van der Waals surface area contributed by atoms with Crippen molar-refractivity contribution in [2.24, 2.45) is 0 Å². The molecule has 2 rings (SSSR count). The molecule has 1 aromatic carbocycles. The number of hydrogen-bond donors (Lipinski definition) is 2. The summed E-state index contributed by atoms with van der Waals surface area (Å²) >= 11 is 0. The van der Waals surface area contributed by atoms with Gasteiger partial charge in [0.25, 0.3) is 0 Å². The van der Waals surface area contributed by atoms with Crippen LogP contribution in [0.5, 0.6) is 5.88 Å². The van der Waals surface area contributed by atoms with E-state index in [0.717, 1.165) is 11.5 Å². The molecule has 4 nitrogen and oxygen atoms in total. The maximum atomic E-state index is 5.87. The van der Waals surface area contributed by atoms with Gasteiger partial charge in [-0.25, -0.2) is 0 Å². The second-order valence-corrected chi connectivity index (χ2v) is 5.20. The summed E-state index contributed by atoms with van der Waals surface area (Å²) in [6, 6.07) is 9.92. The summed E-state index contributed by atoms with van der Waals surface area (Å²) < 4.78 is 5.60. The van der Waals surface area contributed by atoms with Crippen LogP contribution in [0.3, 0.4) is 0 Å². The van der Waals surface area contributed by atoms with E-state index >= 15 is 0 Å². The van der Waals surface area contributed by atoms with Crippen LogP contribution in [0.25, 0.3) is 0 Å². The molecule has 0 saturated carbocycles. The number of aromatic nitrogens is 1. The molecule has 0 atom stereocenters. The van der Waals surface area contributed by atoms with Crippen molar-refractivity contribution in [2.45, 2.75) is 33.8 Å². The third kappa shape index (κ3) is 3.41. The molecule has 0 spiro atoms. The number of benzene rings is 1. The number of hydrogen-bond acceptors (Lipinski definition) is 4. The van der Waals surface area contributed by atoms with E-state index in [0.29, 0.717) is 11.6 Å². The molecule has 0 aliphatic carbocycles. The fourth-order valence-electron chi connectivity index (χ4n) is 1.85. The molecule has 0 aliphatic heterocycles. The van der Waals surface area contributed by atoms with Crippen molar-refractivity contribution in [3.63, 3.8) is 0 Å². The highest BCUT2D eigenvalue weighted by Gasteiger charge is 2.07. The Morgan fingerprint density at radius 2 is 1.90 bits per heavy atom. The predicted molar refractivity (Wildman–Crippen MR) is 83.6 cm³/mol. The van der Waals surface area contributed by atoms with E-state index < -0.39 is 0 Å². The van der Waals surface area contributed by atoms with Gasteiger partial charge < -0.3 is 15.8 Å². The number of nitrogens with one attached hydrogen (secondary N) is 1. The van der Waals surface area contributed by atoms with E-state index in [1.807, 2.05) is 19.9 Å². The van der Waals surface area contributed by atoms with E-state index in [-0.39, 0.29) is 6.10 Å². The Bertz CT molecular complexity index is 609. The van der Waals surface area contributed by atoms with Crippen molar-refractivity contribution in [3.8, 4) is 5.88 Å². The van der Waals surface area contributed by atoms with Crippen molar-refractivity contribution < 1.29 is 4.74 Å². The molecule has 1 aromatic heterocycles. The van der Waals surface area contributed by atoms with Gasteiger partial charge >= 0.3 is 0 Å². The van der Waals surface area contributed by atoms with E-state index in [4.69, 9.17) is 10.5 Å². The zero-order valence-corrected chi connectivity index (χ0v) is 12.4. The molecule has 4 heteroatoms. The minimum Gasteiger partial charge on any atom is -0.473 e. The fraction of sp³-hybridized carbons (Fsp3) is 0.312. The van der Waals surface area contributed by atoms with Crippen LogP contribution in [-0.2, 0) is 0 Å². The number of anilines is 3. The van der Waals surface area contributed by atoms with Crippen molar-refractivity contribution >= 4 is 17.2 Å². The molecule has 2 aromatic rings. The van der Waals surface area contributed by atoms with Gasteiger partial charge in [0.15, 0.2) is 0 Å². The van der Waals surface area contributed by atoms with Gasteiger partial charge in [-0.05, 0) is 57.0 Å². The Morgan fingerprint density at radius 1 is 1.15 bits per heavy atom. The number of nitrogens with two attached hydrogens (primary N) is 1. The van der Waals surface area contributed by atoms with Gasteiger partial charge in [-0.2, -0.15) is 4.98 Å². The first kappa shape index (κ1) is 14.2.